The van der Waals surface area contributed by atoms with E-state index in [1.807, 2.05) is 13.0 Å². The van der Waals surface area contributed by atoms with Crippen molar-refractivity contribution >= 4 is 27.4 Å². The van der Waals surface area contributed by atoms with E-state index in [0.717, 1.165) is 4.88 Å². The number of hydrogen-bond acceptors (Lipinski definition) is 8. The van der Waals surface area contributed by atoms with Crippen LogP contribution in [0.3, 0.4) is 0 Å². The Balaban J connectivity index is 1.78. The number of aromatic nitrogens is 4. The Morgan fingerprint density at radius 2 is 1.85 bits per heavy atom. The fourth-order valence-corrected chi connectivity index (χ4v) is 4.57. The smallest absolute Gasteiger partial charge is 0.451 e. The second kappa shape index (κ2) is 9.13. The Kier molecular flexibility index (Phi) is 6.55. The van der Waals surface area contributed by atoms with Crippen LogP contribution < -0.4 is 9.64 Å². The van der Waals surface area contributed by atoms with E-state index in [0.29, 0.717) is 28.9 Å². The number of thiophene rings is 1. The lowest BCUT2D eigenvalue weighted by molar-refractivity contribution is -0.153. The van der Waals surface area contributed by atoms with Crippen LogP contribution in [0.25, 0.3) is 10.2 Å². The van der Waals surface area contributed by atoms with E-state index in [9.17, 15) is 26.3 Å². The monoisotopic (exact) mass is 507 g/mol. The maximum atomic E-state index is 13.5. The molecule has 1 N–H and O–H groups in total. The van der Waals surface area contributed by atoms with Gasteiger partial charge in [0, 0.05) is 30.0 Å². The van der Waals surface area contributed by atoms with Gasteiger partial charge in [-0.1, -0.05) is 6.92 Å². The van der Waals surface area contributed by atoms with Crippen molar-refractivity contribution < 1.29 is 36.2 Å². The van der Waals surface area contributed by atoms with Crippen molar-refractivity contribution in [3.63, 3.8) is 0 Å². The molecular weight excluding hydrogens is 488 g/mol. The molecule has 0 spiro atoms. The maximum Gasteiger partial charge on any atom is 0.451 e. The van der Waals surface area contributed by atoms with Crippen molar-refractivity contribution in [3.8, 4) is 6.01 Å². The zero-order chi connectivity index (χ0) is 24.7. The number of aryl methyl sites for hydroxylation is 1. The van der Waals surface area contributed by atoms with Crippen LogP contribution >= 0.6 is 11.3 Å². The average molecular weight is 507 g/mol. The summed E-state index contributed by atoms with van der Waals surface area (Å²) < 4.78 is 85.7. The third-order valence-electron chi connectivity index (χ3n) is 5.17. The van der Waals surface area contributed by atoms with Gasteiger partial charge in [-0.2, -0.15) is 36.3 Å². The number of fused-ring (bicyclic) bond motifs is 2. The Morgan fingerprint density at radius 3 is 2.50 bits per heavy atom. The lowest BCUT2D eigenvalue weighted by Crippen LogP contribution is -2.35. The summed E-state index contributed by atoms with van der Waals surface area (Å²) in [5, 5.41) is 9.59. The molecular formula is C20H19F6N5O2S. The van der Waals surface area contributed by atoms with Gasteiger partial charge in [0.2, 0.25) is 5.82 Å². The van der Waals surface area contributed by atoms with Crippen molar-refractivity contribution in [1.82, 2.24) is 19.9 Å². The lowest BCUT2D eigenvalue weighted by Gasteiger charge is -2.31. The molecule has 7 nitrogen and oxygen atoms in total. The van der Waals surface area contributed by atoms with Gasteiger partial charge in [0.15, 0.2) is 5.69 Å². The zero-order valence-electron chi connectivity index (χ0n) is 17.8. The van der Waals surface area contributed by atoms with Gasteiger partial charge in [-0.15, -0.1) is 11.3 Å². The van der Waals surface area contributed by atoms with Crippen molar-refractivity contribution in [2.24, 2.45) is 0 Å². The number of anilines is 1. The molecule has 4 heterocycles. The van der Waals surface area contributed by atoms with E-state index in [-0.39, 0.29) is 50.0 Å². The molecule has 14 heteroatoms. The summed E-state index contributed by atoms with van der Waals surface area (Å²) in [7, 11) is 0. The molecule has 0 saturated carbocycles. The minimum atomic E-state index is -5.13. The molecule has 0 aromatic carbocycles. The van der Waals surface area contributed by atoms with E-state index in [4.69, 9.17) is 9.84 Å². The fraction of sp³-hybridized carbons (Fsp3) is 0.500. The summed E-state index contributed by atoms with van der Waals surface area (Å²) in [5.41, 5.74) is -2.25. The van der Waals surface area contributed by atoms with E-state index in [1.54, 1.807) is 4.90 Å². The summed E-state index contributed by atoms with van der Waals surface area (Å²) in [4.78, 5) is 18.1. The second-order valence-electron chi connectivity index (χ2n) is 7.53. The summed E-state index contributed by atoms with van der Waals surface area (Å²) in [6.07, 6.45) is -9.33. The van der Waals surface area contributed by atoms with Gasteiger partial charge in [0.25, 0.3) is 0 Å². The predicted octanol–water partition coefficient (Wildman–Crippen LogP) is 4.41. The van der Waals surface area contributed by atoms with Crippen molar-refractivity contribution in [1.29, 1.82) is 0 Å². The number of nitrogens with zero attached hydrogens (tertiary/aromatic N) is 5. The Morgan fingerprint density at radius 1 is 1.09 bits per heavy atom. The maximum absolute atomic E-state index is 13.5. The number of halogens is 6. The lowest BCUT2D eigenvalue weighted by atomic mass is 10.0. The molecule has 0 unspecified atom stereocenters. The highest BCUT2D eigenvalue weighted by molar-refractivity contribution is 7.18. The Hall–Kier alpha value is -2.74. The number of rotatable bonds is 6. The molecule has 0 amide bonds. The summed E-state index contributed by atoms with van der Waals surface area (Å²) >= 11 is 1.40. The predicted molar refractivity (Wildman–Crippen MR) is 111 cm³/mol. The fourth-order valence-electron chi connectivity index (χ4n) is 3.62. The van der Waals surface area contributed by atoms with Crippen LogP contribution in [-0.2, 0) is 31.7 Å². The first kappa shape index (κ1) is 24.4. The highest BCUT2D eigenvalue weighted by Gasteiger charge is 2.43. The highest BCUT2D eigenvalue weighted by Crippen LogP contribution is 2.39. The van der Waals surface area contributed by atoms with Crippen molar-refractivity contribution in [2.45, 2.75) is 45.1 Å². The van der Waals surface area contributed by atoms with Crippen molar-refractivity contribution in [3.05, 3.63) is 33.7 Å². The van der Waals surface area contributed by atoms with Crippen LogP contribution in [0.2, 0.25) is 0 Å². The van der Waals surface area contributed by atoms with Gasteiger partial charge in [0.05, 0.1) is 24.2 Å². The normalized spacial score (nSPS) is 14.5. The SMILES string of the molecule is CCc1cc2c(N3CCc4c(nc(C(F)(F)F)nc4C(F)(F)F)C3)nc(OCCCO)nc2s1. The number of aliphatic hydroxyl groups excluding tert-OH is 1. The number of alkyl halides is 6. The van der Waals surface area contributed by atoms with Crippen LogP contribution in [0.5, 0.6) is 6.01 Å². The molecule has 4 rings (SSSR count). The van der Waals surface area contributed by atoms with Crippen LogP contribution in [0.1, 0.15) is 41.0 Å². The molecule has 3 aromatic heterocycles. The summed E-state index contributed by atoms with van der Waals surface area (Å²) in [6, 6.07) is 1.87. The van der Waals surface area contributed by atoms with Gasteiger partial charge in [-0.05, 0) is 18.9 Å². The summed E-state index contributed by atoms with van der Waals surface area (Å²) in [5.74, 6) is -1.49. The van der Waals surface area contributed by atoms with Crippen LogP contribution in [-0.4, -0.2) is 44.8 Å². The third-order valence-corrected chi connectivity index (χ3v) is 6.35. The standard InChI is InChI=1S/C20H19F6N5O2S/c1-2-10-8-12-15(29-18(30-16(12)34-10)33-7-3-6-32)31-5-4-11-13(9-31)27-17(20(24,25)26)28-14(11)19(21,22)23/h8,32H,2-7,9H2,1H3. The molecule has 3 aromatic rings. The highest BCUT2D eigenvalue weighted by atomic mass is 32.1. The average Bonchev–Trinajstić information content (AvgIpc) is 3.19. The molecule has 0 aliphatic carbocycles. The van der Waals surface area contributed by atoms with Gasteiger partial charge in [0.1, 0.15) is 10.6 Å². The number of hydrogen-bond donors (Lipinski definition) is 1. The van der Waals surface area contributed by atoms with Crippen molar-refractivity contribution in [2.75, 3.05) is 24.7 Å². The first-order valence-corrected chi connectivity index (χ1v) is 11.2. The van der Waals surface area contributed by atoms with E-state index in [1.165, 1.54) is 11.3 Å². The first-order chi connectivity index (χ1) is 16.0. The largest absolute Gasteiger partial charge is 0.463 e. The molecule has 0 radical (unpaired) electrons. The first-order valence-electron chi connectivity index (χ1n) is 10.3. The molecule has 184 valence electrons. The molecule has 0 bridgehead atoms. The second-order valence-corrected chi connectivity index (χ2v) is 8.64. The third kappa shape index (κ3) is 4.87. The van der Waals surface area contributed by atoms with Gasteiger partial charge < -0.3 is 14.7 Å². The molecule has 1 aliphatic heterocycles. The topological polar surface area (TPSA) is 84.3 Å². The molecule has 0 fully saturated rings. The number of aliphatic hydroxyl groups is 1. The van der Waals surface area contributed by atoms with Crippen LogP contribution in [0.4, 0.5) is 32.2 Å². The molecule has 0 saturated heterocycles. The molecule has 1 aliphatic rings. The van der Waals surface area contributed by atoms with Gasteiger partial charge >= 0.3 is 18.4 Å². The molecule has 34 heavy (non-hydrogen) atoms. The minimum absolute atomic E-state index is 0.0147. The quantitative estimate of drug-likeness (QED) is 0.391. The van der Waals surface area contributed by atoms with E-state index in [2.05, 4.69) is 19.9 Å². The Labute approximate surface area is 193 Å². The van der Waals surface area contributed by atoms with Gasteiger partial charge in [-0.25, -0.2) is 9.97 Å². The zero-order valence-corrected chi connectivity index (χ0v) is 18.6. The minimum Gasteiger partial charge on any atom is -0.463 e. The van der Waals surface area contributed by atoms with Crippen LogP contribution in [0.15, 0.2) is 6.07 Å². The Bertz CT molecular complexity index is 1200. The van der Waals surface area contributed by atoms with Crippen LogP contribution in [0, 0.1) is 0 Å². The number of ether oxygens (including phenoxy) is 1. The van der Waals surface area contributed by atoms with E-state index >= 15 is 0 Å². The molecule has 0 atom stereocenters. The van der Waals surface area contributed by atoms with E-state index < -0.39 is 23.9 Å². The summed E-state index contributed by atoms with van der Waals surface area (Å²) in [6.45, 7) is 1.74. The van der Waals surface area contributed by atoms with Gasteiger partial charge in [-0.3, -0.25) is 0 Å².